The zero-order valence-electron chi connectivity index (χ0n) is 30.8. The topological polar surface area (TPSA) is 196 Å². The summed E-state index contributed by atoms with van der Waals surface area (Å²) in [7, 11) is 1.62. The minimum atomic E-state index is -1.97. The van der Waals surface area contributed by atoms with Crippen LogP contribution in [0.4, 0.5) is 0 Å². The first-order valence-electron chi connectivity index (χ1n) is 17.6. The first-order chi connectivity index (χ1) is 22.1. The second-order valence-corrected chi connectivity index (χ2v) is 15.6. The van der Waals surface area contributed by atoms with Crippen molar-refractivity contribution in [2.24, 2.45) is 29.4 Å². The Balaban J connectivity index is 2.15. The molecule has 13 nitrogen and oxygen atoms in total. The van der Waals surface area contributed by atoms with Crippen LogP contribution in [0.2, 0.25) is 0 Å². The van der Waals surface area contributed by atoms with Gasteiger partial charge in [-0.25, -0.2) is 0 Å². The summed E-state index contributed by atoms with van der Waals surface area (Å²) in [5.41, 5.74) is 1.92. The normalized spacial score (nSPS) is 50.4. The maximum atomic E-state index is 14.0. The number of esters is 1. The highest BCUT2D eigenvalue weighted by atomic mass is 16.7. The maximum absolute atomic E-state index is 14.0. The number of rotatable bonds is 6. The van der Waals surface area contributed by atoms with Gasteiger partial charge in [-0.1, -0.05) is 27.7 Å². The molecule has 3 rings (SSSR count). The smallest absolute Gasteiger partial charge is 0.311 e. The van der Waals surface area contributed by atoms with Crippen molar-refractivity contribution in [2.45, 2.75) is 179 Å². The maximum Gasteiger partial charge on any atom is 0.311 e. The third-order valence-corrected chi connectivity index (χ3v) is 11.0. The molecule has 0 radical (unpaired) electrons. The molecule has 0 amide bonds. The van der Waals surface area contributed by atoms with E-state index < -0.39 is 101 Å². The molecule has 17 atom stereocenters. The molecule has 3 aliphatic rings. The number of cyclic esters (lactones) is 1. The van der Waals surface area contributed by atoms with E-state index in [0.29, 0.717) is 19.3 Å². The first-order valence-corrected chi connectivity index (χ1v) is 17.6. The molecule has 3 unspecified atom stereocenters. The van der Waals surface area contributed by atoms with Crippen molar-refractivity contribution in [1.29, 1.82) is 0 Å². The van der Waals surface area contributed by atoms with E-state index >= 15 is 0 Å². The summed E-state index contributed by atoms with van der Waals surface area (Å²) in [5, 5.41) is 46.1. The number of carbonyl (C=O) groups excluding carboxylic acids is 2. The molecule has 13 heteroatoms. The Hall–Kier alpha value is -1.26. The van der Waals surface area contributed by atoms with E-state index in [1.165, 1.54) is 20.8 Å². The fourth-order valence-corrected chi connectivity index (χ4v) is 8.01. The molecule has 0 aromatic heterocycles. The number of Topliss-reactive ketones (excluding diaryl/α,β-unsaturated/α-hetero) is 1. The van der Waals surface area contributed by atoms with E-state index in [-0.39, 0.29) is 25.0 Å². The van der Waals surface area contributed by atoms with Crippen molar-refractivity contribution in [3.05, 3.63) is 0 Å². The monoisotopic (exact) mass is 689 g/mol. The van der Waals surface area contributed by atoms with Gasteiger partial charge < -0.3 is 54.6 Å². The lowest BCUT2D eigenvalue weighted by Crippen LogP contribution is -2.60. The highest BCUT2D eigenvalue weighted by Crippen LogP contribution is 2.40. The number of nitrogens with two attached hydrogens (primary N) is 1. The molecular weight excluding hydrogens is 626 g/mol. The number of methoxy groups -OCH3 is 1. The molecule has 3 saturated heterocycles. The van der Waals surface area contributed by atoms with Gasteiger partial charge in [0.05, 0.1) is 47.6 Å². The molecule has 0 aliphatic carbocycles. The molecule has 0 spiro atoms. The number of hydrogen-bond acceptors (Lipinski definition) is 13. The lowest BCUT2D eigenvalue weighted by Gasteiger charge is -2.47. The van der Waals surface area contributed by atoms with E-state index in [1.807, 2.05) is 20.8 Å². The van der Waals surface area contributed by atoms with Crippen molar-refractivity contribution in [3.63, 3.8) is 0 Å². The predicted octanol–water partition coefficient (Wildman–Crippen LogP) is 2.21. The molecule has 48 heavy (non-hydrogen) atoms. The van der Waals surface area contributed by atoms with Gasteiger partial charge in [0.15, 0.2) is 12.6 Å². The molecular formula is C35H63NO12. The third kappa shape index (κ3) is 9.15. The lowest BCUT2D eigenvalue weighted by atomic mass is 9.74. The Bertz CT molecular complexity index is 1090. The SMILES string of the molecule is CC[C@H]1OC(=O)[C@H](C)[C@@H](OC2C[C@@](C)(OC)CC(C)O2)[C@H](C)[C@@H](OC2O[C@H](C)C[C@H](N)[C@H]2O)[C@](C)(O)C[C@@H](C)C(=O)[C@H](C)[C@@H](O)[C@]1(C)O. The van der Waals surface area contributed by atoms with Gasteiger partial charge in [0, 0.05) is 43.7 Å². The largest absolute Gasteiger partial charge is 0.459 e. The standard InChI is InChI=1S/C35H63NO12/c1-12-24-35(10,42)29(39)20(5)26(37)17(2)14-34(9,41)30(48-32-27(38)23(36)13-18(3)45-32)21(6)28(22(7)31(40)46-24)47-25-16-33(8,43-11)15-19(4)44-25/h17-25,27-30,32,38-39,41-42H,12-16,36H2,1-11H3/t17-,18-,19?,20+,21+,22-,23+,24-,25?,27-,28+,29-,30-,32?,33+,34-,35-/m1/s1. The molecule has 0 bridgehead atoms. The van der Waals surface area contributed by atoms with Crippen LogP contribution in [0.1, 0.15) is 101 Å². The number of aliphatic hydroxyl groups excluding tert-OH is 2. The first kappa shape index (κ1) is 41.2. The van der Waals surface area contributed by atoms with Gasteiger partial charge in [-0.2, -0.15) is 0 Å². The van der Waals surface area contributed by atoms with Gasteiger partial charge in [-0.15, -0.1) is 0 Å². The number of aliphatic hydroxyl groups is 4. The number of carbonyl (C=O) groups is 2. The average molecular weight is 690 g/mol. The Kier molecular flexibility index (Phi) is 13.7. The number of ketones is 1. The molecule has 0 aromatic rings. The Morgan fingerprint density at radius 3 is 2.10 bits per heavy atom. The number of ether oxygens (including phenoxy) is 6. The molecule has 280 valence electrons. The second-order valence-electron chi connectivity index (χ2n) is 15.6. The fraction of sp³-hybridized carbons (Fsp3) is 0.943. The second kappa shape index (κ2) is 16.0. The van der Waals surface area contributed by atoms with E-state index in [4.69, 9.17) is 34.2 Å². The summed E-state index contributed by atoms with van der Waals surface area (Å²) in [5.74, 6) is -4.79. The molecule has 3 fully saturated rings. The van der Waals surface area contributed by atoms with Crippen molar-refractivity contribution < 1.29 is 58.4 Å². The van der Waals surface area contributed by atoms with Crippen LogP contribution < -0.4 is 5.73 Å². The Labute approximate surface area is 286 Å². The zero-order chi connectivity index (χ0) is 36.5. The summed E-state index contributed by atoms with van der Waals surface area (Å²) < 4.78 is 37.0. The van der Waals surface area contributed by atoms with Crippen LogP contribution >= 0.6 is 0 Å². The highest BCUT2D eigenvalue weighted by molar-refractivity contribution is 5.83. The van der Waals surface area contributed by atoms with Crippen molar-refractivity contribution in [2.75, 3.05) is 7.11 Å². The minimum Gasteiger partial charge on any atom is -0.459 e. The van der Waals surface area contributed by atoms with Crippen LogP contribution in [-0.4, -0.2) is 117 Å². The lowest BCUT2D eigenvalue weighted by molar-refractivity contribution is -0.305. The summed E-state index contributed by atoms with van der Waals surface area (Å²) in [4.78, 5) is 27.7. The molecule has 3 aliphatic heterocycles. The van der Waals surface area contributed by atoms with Crippen LogP contribution in [0.5, 0.6) is 0 Å². The quantitative estimate of drug-likeness (QED) is 0.255. The summed E-state index contributed by atoms with van der Waals surface area (Å²) >= 11 is 0. The average Bonchev–Trinajstić information content (AvgIpc) is 3.00. The molecule has 6 N–H and O–H groups in total. The Morgan fingerprint density at radius 1 is 0.896 bits per heavy atom. The third-order valence-electron chi connectivity index (χ3n) is 11.0. The van der Waals surface area contributed by atoms with Gasteiger partial charge in [-0.05, 0) is 60.8 Å². The van der Waals surface area contributed by atoms with E-state index in [2.05, 4.69) is 0 Å². The highest BCUT2D eigenvalue weighted by Gasteiger charge is 2.52. The summed E-state index contributed by atoms with van der Waals surface area (Å²) in [6.45, 7) is 16.8. The van der Waals surface area contributed by atoms with Gasteiger partial charge in [0.25, 0.3) is 0 Å². The van der Waals surface area contributed by atoms with E-state index in [0.717, 1.165) is 0 Å². The summed E-state index contributed by atoms with van der Waals surface area (Å²) in [6.07, 6.45) is -7.35. The summed E-state index contributed by atoms with van der Waals surface area (Å²) in [6, 6.07) is -0.649. The van der Waals surface area contributed by atoms with Gasteiger partial charge >= 0.3 is 5.97 Å². The minimum absolute atomic E-state index is 0.119. The predicted molar refractivity (Wildman–Crippen MR) is 175 cm³/mol. The van der Waals surface area contributed by atoms with Crippen LogP contribution in [0.3, 0.4) is 0 Å². The molecule has 3 heterocycles. The van der Waals surface area contributed by atoms with Gasteiger partial charge in [0.2, 0.25) is 0 Å². The van der Waals surface area contributed by atoms with Gasteiger partial charge in [0.1, 0.15) is 23.6 Å². The van der Waals surface area contributed by atoms with Crippen LogP contribution in [0.25, 0.3) is 0 Å². The Morgan fingerprint density at radius 2 is 1.52 bits per heavy atom. The van der Waals surface area contributed by atoms with Crippen molar-refractivity contribution in [3.8, 4) is 0 Å². The molecule has 0 aromatic carbocycles. The molecule has 0 saturated carbocycles. The van der Waals surface area contributed by atoms with E-state index in [9.17, 15) is 30.0 Å². The fourth-order valence-electron chi connectivity index (χ4n) is 8.01. The van der Waals surface area contributed by atoms with Crippen molar-refractivity contribution in [1.82, 2.24) is 0 Å². The van der Waals surface area contributed by atoms with E-state index in [1.54, 1.807) is 34.8 Å². The van der Waals surface area contributed by atoms with Crippen LogP contribution in [-0.2, 0) is 38.0 Å². The zero-order valence-corrected chi connectivity index (χ0v) is 30.8. The van der Waals surface area contributed by atoms with Crippen LogP contribution in [0, 0.1) is 23.7 Å². The van der Waals surface area contributed by atoms with Crippen molar-refractivity contribution >= 4 is 11.8 Å². The van der Waals surface area contributed by atoms with Crippen LogP contribution in [0.15, 0.2) is 0 Å². The number of hydrogen-bond donors (Lipinski definition) is 5. The van der Waals surface area contributed by atoms with Gasteiger partial charge in [-0.3, -0.25) is 9.59 Å².